The van der Waals surface area contributed by atoms with Gasteiger partial charge in [0.2, 0.25) is 0 Å². The average Bonchev–Trinajstić information content (AvgIpc) is 2.46. The molecular formula is C15H23N3O2. The molecule has 1 aliphatic carbocycles. The van der Waals surface area contributed by atoms with E-state index in [2.05, 4.69) is 10.3 Å². The van der Waals surface area contributed by atoms with Crippen molar-refractivity contribution in [2.24, 2.45) is 0 Å². The maximum Gasteiger partial charge on any atom is 0.252 e. The Bertz CT molecular complexity index is 451. The molecule has 1 aliphatic rings. The van der Waals surface area contributed by atoms with Crippen molar-refractivity contribution in [3.63, 3.8) is 0 Å². The molecule has 2 rings (SSSR count). The van der Waals surface area contributed by atoms with E-state index in [0.717, 1.165) is 31.5 Å². The van der Waals surface area contributed by atoms with Crippen LogP contribution in [0.2, 0.25) is 0 Å². The van der Waals surface area contributed by atoms with E-state index in [1.54, 1.807) is 12.3 Å². The quantitative estimate of drug-likeness (QED) is 0.877. The van der Waals surface area contributed by atoms with E-state index in [1.807, 2.05) is 25.1 Å². The molecule has 1 aromatic heterocycles. The minimum Gasteiger partial charge on any atom is -0.388 e. The number of aromatic nitrogens is 1. The molecule has 0 saturated heterocycles. The van der Waals surface area contributed by atoms with Crippen molar-refractivity contribution in [2.45, 2.75) is 37.7 Å². The summed E-state index contributed by atoms with van der Waals surface area (Å²) in [6.07, 6.45) is 6.34. The van der Waals surface area contributed by atoms with Gasteiger partial charge >= 0.3 is 0 Å². The first-order chi connectivity index (χ1) is 9.50. The highest BCUT2D eigenvalue weighted by molar-refractivity contribution is 5.94. The van der Waals surface area contributed by atoms with Crippen molar-refractivity contribution in [2.75, 3.05) is 25.5 Å². The van der Waals surface area contributed by atoms with Crippen LogP contribution >= 0.6 is 0 Å². The summed E-state index contributed by atoms with van der Waals surface area (Å²) in [4.78, 5) is 18.1. The number of carbonyl (C=O) groups excluding carboxylic acids is 1. The normalized spacial score (nSPS) is 17.6. The molecule has 0 aliphatic heterocycles. The zero-order valence-corrected chi connectivity index (χ0v) is 12.2. The summed E-state index contributed by atoms with van der Waals surface area (Å²) in [6, 6.07) is 3.56. The second-order valence-electron chi connectivity index (χ2n) is 5.77. The molecule has 1 aromatic rings. The molecule has 2 N–H and O–H groups in total. The zero-order valence-electron chi connectivity index (χ0n) is 12.2. The van der Waals surface area contributed by atoms with Gasteiger partial charge in [0, 0.05) is 26.8 Å². The van der Waals surface area contributed by atoms with Gasteiger partial charge in [-0.15, -0.1) is 0 Å². The molecule has 0 bridgehead atoms. The number of amides is 1. The van der Waals surface area contributed by atoms with Gasteiger partial charge in [0.05, 0.1) is 11.2 Å². The number of carbonyl (C=O) groups is 1. The van der Waals surface area contributed by atoms with Gasteiger partial charge in [-0.05, 0) is 25.0 Å². The van der Waals surface area contributed by atoms with Gasteiger partial charge < -0.3 is 15.3 Å². The lowest BCUT2D eigenvalue weighted by Crippen LogP contribution is -2.44. The monoisotopic (exact) mass is 277 g/mol. The van der Waals surface area contributed by atoms with Crippen molar-refractivity contribution in [1.82, 2.24) is 10.3 Å². The topological polar surface area (TPSA) is 65.5 Å². The highest BCUT2D eigenvalue weighted by atomic mass is 16.3. The van der Waals surface area contributed by atoms with Gasteiger partial charge in [-0.3, -0.25) is 4.79 Å². The highest BCUT2D eigenvalue weighted by Crippen LogP contribution is 2.27. The third-order valence-corrected chi connectivity index (χ3v) is 3.83. The van der Waals surface area contributed by atoms with E-state index in [1.165, 1.54) is 6.42 Å². The van der Waals surface area contributed by atoms with Crippen LogP contribution in [0.3, 0.4) is 0 Å². The number of hydrogen-bond acceptors (Lipinski definition) is 4. The second kappa shape index (κ2) is 6.22. The largest absolute Gasteiger partial charge is 0.388 e. The van der Waals surface area contributed by atoms with Gasteiger partial charge in [0.1, 0.15) is 5.82 Å². The lowest BCUT2D eigenvalue weighted by Gasteiger charge is -2.32. The maximum absolute atomic E-state index is 12.0. The molecule has 5 nitrogen and oxygen atoms in total. The van der Waals surface area contributed by atoms with Crippen molar-refractivity contribution in [3.8, 4) is 0 Å². The highest BCUT2D eigenvalue weighted by Gasteiger charge is 2.29. The Labute approximate surface area is 120 Å². The van der Waals surface area contributed by atoms with Crippen LogP contribution in [0.1, 0.15) is 42.5 Å². The first-order valence-corrected chi connectivity index (χ1v) is 7.14. The second-order valence-corrected chi connectivity index (χ2v) is 5.77. The van der Waals surface area contributed by atoms with Crippen LogP contribution in [0.25, 0.3) is 0 Å². The number of hydrogen-bond donors (Lipinski definition) is 2. The van der Waals surface area contributed by atoms with Gasteiger partial charge in [-0.25, -0.2) is 4.98 Å². The van der Waals surface area contributed by atoms with Crippen LogP contribution in [0.15, 0.2) is 18.3 Å². The summed E-state index contributed by atoms with van der Waals surface area (Å²) in [5.74, 6) is 0.634. The minimum absolute atomic E-state index is 0.179. The molecule has 0 spiro atoms. The summed E-state index contributed by atoms with van der Waals surface area (Å²) in [5.41, 5.74) is -0.208. The lowest BCUT2D eigenvalue weighted by atomic mass is 9.85. The maximum atomic E-state index is 12.0. The molecule has 0 radical (unpaired) electrons. The Morgan fingerprint density at radius 2 is 2.05 bits per heavy atom. The number of anilines is 1. The van der Waals surface area contributed by atoms with Crippen LogP contribution in [-0.4, -0.2) is 42.2 Å². The molecule has 1 heterocycles. The lowest BCUT2D eigenvalue weighted by molar-refractivity contribution is 0.00525. The fourth-order valence-electron chi connectivity index (χ4n) is 2.52. The molecule has 1 saturated carbocycles. The molecule has 0 atom stereocenters. The van der Waals surface area contributed by atoms with E-state index in [4.69, 9.17) is 0 Å². The zero-order chi connectivity index (χ0) is 14.6. The average molecular weight is 277 g/mol. The van der Waals surface area contributed by atoms with Crippen molar-refractivity contribution < 1.29 is 9.90 Å². The molecule has 20 heavy (non-hydrogen) atoms. The molecular weight excluding hydrogens is 254 g/mol. The van der Waals surface area contributed by atoms with E-state index in [0.29, 0.717) is 12.1 Å². The summed E-state index contributed by atoms with van der Waals surface area (Å²) in [6.45, 7) is 0.321. The number of aliphatic hydroxyl groups is 1. The standard InChI is InChI=1S/C15H23N3O2/c1-18(2)13-7-6-12(10-16-13)14(19)17-11-15(20)8-4-3-5-9-15/h6-7,10,20H,3-5,8-9,11H2,1-2H3,(H,17,19). The Morgan fingerprint density at radius 3 is 2.60 bits per heavy atom. The Hall–Kier alpha value is -1.62. The van der Waals surface area contributed by atoms with E-state index >= 15 is 0 Å². The van der Waals surface area contributed by atoms with Crippen LogP contribution in [0.4, 0.5) is 5.82 Å². The van der Waals surface area contributed by atoms with E-state index in [-0.39, 0.29) is 5.91 Å². The summed E-state index contributed by atoms with van der Waals surface area (Å²) in [5, 5.41) is 13.2. The number of rotatable bonds is 4. The number of nitrogens with one attached hydrogen (secondary N) is 1. The van der Waals surface area contributed by atoms with Gasteiger partial charge in [0.15, 0.2) is 0 Å². The fraction of sp³-hybridized carbons (Fsp3) is 0.600. The SMILES string of the molecule is CN(C)c1ccc(C(=O)NCC2(O)CCCCC2)cn1. The molecule has 0 aromatic carbocycles. The molecule has 0 unspecified atom stereocenters. The Morgan fingerprint density at radius 1 is 1.35 bits per heavy atom. The molecule has 110 valence electrons. The number of nitrogens with zero attached hydrogens (tertiary/aromatic N) is 2. The number of pyridine rings is 1. The Balaban J connectivity index is 1.91. The third-order valence-electron chi connectivity index (χ3n) is 3.83. The smallest absolute Gasteiger partial charge is 0.252 e. The van der Waals surface area contributed by atoms with Gasteiger partial charge in [-0.1, -0.05) is 19.3 Å². The summed E-state index contributed by atoms with van der Waals surface area (Å²) in [7, 11) is 3.81. The predicted molar refractivity (Wildman–Crippen MR) is 78.9 cm³/mol. The predicted octanol–water partition coefficient (Wildman–Crippen LogP) is 1.57. The first-order valence-electron chi connectivity index (χ1n) is 7.14. The fourth-order valence-corrected chi connectivity index (χ4v) is 2.52. The van der Waals surface area contributed by atoms with Crippen LogP contribution in [0, 0.1) is 0 Å². The van der Waals surface area contributed by atoms with Crippen molar-refractivity contribution in [3.05, 3.63) is 23.9 Å². The van der Waals surface area contributed by atoms with Crippen LogP contribution < -0.4 is 10.2 Å². The van der Waals surface area contributed by atoms with Crippen LogP contribution in [0.5, 0.6) is 0 Å². The molecule has 1 amide bonds. The van der Waals surface area contributed by atoms with Crippen molar-refractivity contribution >= 4 is 11.7 Å². The van der Waals surface area contributed by atoms with Crippen LogP contribution in [-0.2, 0) is 0 Å². The summed E-state index contributed by atoms with van der Waals surface area (Å²) >= 11 is 0. The van der Waals surface area contributed by atoms with E-state index in [9.17, 15) is 9.90 Å². The first kappa shape index (κ1) is 14.8. The minimum atomic E-state index is -0.731. The van der Waals surface area contributed by atoms with E-state index < -0.39 is 5.60 Å². The van der Waals surface area contributed by atoms with Crippen molar-refractivity contribution in [1.29, 1.82) is 0 Å². The Kier molecular flexibility index (Phi) is 4.60. The summed E-state index contributed by atoms with van der Waals surface area (Å²) < 4.78 is 0. The molecule has 5 heteroatoms. The van der Waals surface area contributed by atoms with Gasteiger partial charge in [0.25, 0.3) is 5.91 Å². The molecule has 1 fully saturated rings. The third kappa shape index (κ3) is 3.70. The van der Waals surface area contributed by atoms with Gasteiger partial charge in [-0.2, -0.15) is 0 Å².